The Labute approximate surface area is 157 Å². The molecule has 4 atom stereocenters. The van der Waals surface area contributed by atoms with Crippen LogP contribution in [0.25, 0.3) is 0 Å². The summed E-state index contributed by atoms with van der Waals surface area (Å²) >= 11 is 0. The number of carbonyl (C=O) groups is 1. The smallest absolute Gasteiger partial charge is 0.227 e. The summed E-state index contributed by atoms with van der Waals surface area (Å²) in [5, 5.41) is 10.7. The van der Waals surface area contributed by atoms with E-state index in [0.717, 1.165) is 44.6 Å². The molecule has 2 aliphatic heterocycles. The highest BCUT2D eigenvalue weighted by atomic mass is 16.3. The number of hydrogen-bond acceptors (Lipinski definition) is 3. The number of aliphatic hydroxyl groups excluding tert-OH is 1. The zero-order chi connectivity index (χ0) is 18.3. The van der Waals surface area contributed by atoms with Crippen LogP contribution in [0.1, 0.15) is 42.4 Å². The summed E-state index contributed by atoms with van der Waals surface area (Å²) in [4.78, 5) is 17.4. The SMILES string of the molecule is Cc1ccc(C)c(CC(=O)N2C[C@H]3C[C@@H](N4CCCC4)[C@H](O)C[C@H]3C2)c1. The van der Waals surface area contributed by atoms with E-state index in [9.17, 15) is 9.90 Å². The first kappa shape index (κ1) is 18.0. The van der Waals surface area contributed by atoms with Gasteiger partial charge in [-0.2, -0.15) is 0 Å². The number of likely N-dealkylation sites (tertiary alicyclic amines) is 2. The van der Waals surface area contributed by atoms with E-state index in [4.69, 9.17) is 0 Å². The van der Waals surface area contributed by atoms with E-state index < -0.39 is 0 Å². The second-order valence-corrected chi connectivity index (χ2v) is 8.77. The van der Waals surface area contributed by atoms with Crippen LogP contribution < -0.4 is 0 Å². The van der Waals surface area contributed by atoms with Gasteiger partial charge in [-0.15, -0.1) is 0 Å². The Morgan fingerprint density at radius 3 is 2.54 bits per heavy atom. The van der Waals surface area contributed by atoms with Crippen molar-refractivity contribution in [1.29, 1.82) is 0 Å². The number of aliphatic hydroxyl groups is 1. The van der Waals surface area contributed by atoms with Crippen LogP contribution in [0.3, 0.4) is 0 Å². The molecule has 1 aliphatic carbocycles. The van der Waals surface area contributed by atoms with Crippen LogP contribution >= 0.6 is 0 Å². The number of aryl methyl sites for hydroxylation is 2. The summed E-state index contributed by atoms with van der Waals surface area (Å²) in [5.74, 6) is 1.29. The molecule has 1 N–H and O–H groups in total. The lowest BCUT2D eigenvalue weighted by Gasteiger charge is -2.40. The molecule has 1 aromatic rings. The maximum atomic E-state index is 12.9. The predicted molar refractivity (Wildman–Crippen MR) is 103 cm³/mol. The van der Waals surface area contributed by atoms with E-state index >= 15 is 0 Å². The molecule has 1 saturated carbocycles. The molecule has 26 heavy (non-hydrogen) atoms. The Morgan fingerprint density at radius 1 is 1.12 bits per heavy atom. The average Bonchev–Trinajstić information content (AvgIpc) is 3.26. The lowest BCUT2D eigenvalue weighted by Crippen LogP contribution is -2.48. The quantitative estimate of drug-likeness (QED) is 0.905. The van der Waals surface area contributed by atoms with Crippen LogP contribution in [0, 0.1) is 25.7 Å². The number of nitrogens with zero attached hydrogens (tertiary/aromatic N) is 2. The summed E-state index contributed by atoms with van der Waals surface area (Å²) in [6.45, 7) is 8.15. The minimum atomic E-state index is -0.219. The minimum Gasteiger partial charge on any atom is -0.391 e. The zero-order valence-corrected chi connectivity index (χ0v) is 16.2. The van der Waals surface area contributed by atoms with Crippen molar-refractivity contribution in [3.63, 3.8) is 0 Å². The molecule has 1 aromatic carbocycles. The molecule has 0 bridgehead atoms. The predicted octanol–water partition coefficient (Wildman–Crippen LogP) is 2.54. The van der Waals surface area contributed by atoms with Crippen molar-refractivity contribution in [3.05, 3.63) is 34.9 Å². The van der Waals surface area contributed by atoms with E-state index in [1.807, 2.05) is 0 Å². The van der Waals surface area contributed by atoms with Crippen molar-refractivity contribution in [1.82, 2.24) is 9.80 Å². The molecule has 1 amide bonds. The summed E-state index contributed by atoms with van der Waals surface area (Å²) in [5.41, 5.74) is 3.56. The Morgan fingerprint density at radius 2 is 1.81 bits per heavy atom. The van der Waals surface area contributed by atoms with Gasteiger partial charge < -0.3 is 10.0 Å². The van der Waals surface area contributed by atoms with E-state index in [1.165, 1.54) is 24.0 Å². The highest BCUT2D eigenvalue weighted by Gasteiger charge is 2.44. The number of benzene rings is 1. The zero-order valence-electron chi connectivity index (χ0n) is 16.2. The van der Waals surface area contributed by atoms with Crippen molar-refractivity contribution in [3.8, 4) is 0 Å². The van der Waals surface area contributed by atoms with Gasteiger partial charge >= 0.3 is 0 Å². The molecule has 0 spiro atoms. The van der Waals surface area contributed by atoms with Gasteiger partial charge in [0.25, 0.3) is 0 Å². The standard InChI is InChI=1S/C22H32N2O2/c1-15-5-6-16(2)17(9-15)12-22(26)24-13-18-10-20(23-7-3-4-8-23)21(25)11-19(18)14-24/h5-6,9,18-21,25H,3-4,7-8,10-14H2,1-2H3/t18-,19+,20-,21-/m1/s1. The summed E-state index contributed by atoms with van der Waals surface area (Å²) < 4.78 is 0. The Hall–Kier alpha value is -1.39. The Bertz CT molecular complexity index is 668. The lowest BCUT2D eigenvalue weighted by molar-refractivity contribution is -0.129. The Kier molecular flexibility index (Phi) is 5.07. The van der Waals surface area contributed by atoms with E-state index in [0.29, 0.717) is 24.3 Å². The first-order valence-corrected chi connectivity index (χ1v) is 10.3. The van der Waals surface area contributed by atoms with Crippen LogP contribution in [0.15, 0.2) is 18.2 Å². The van der Waals surface area contributed by atoms with Crippen molar-refractivity contribution >= 4 is 5.91 Å². The first-order valence-electron chi connectivity index (χ1n) is 10.3. The first-order chi connectivity index (χ1) is 12.5. The molecule has 2 saturated heterocycles. The van der Waals surface area contributed by atoms with E-state index in [1.54, 1.807) is 0 Å². The number of carbonyl (C=O) groups excluding carboxylic acids is 1. The normalized spacial score (nSPS) is 32.0. The van der Waals surface area contributed by atoms with Gasteiger partial charge in [-0.1, -0.05) is 23.8 Å². The topological polar surface area (TPSA) is 43.8 Å². The molecule has 0 aromatic heterocycles. The molecular weight excluding hydrogens is 324 g/mol. The molecular formula is C22H32N2O2. The van der Waals surface area contributed by atoms with Gasteiger partial charge in [0.05, 0.1) is 12.5 Å². The van der Waals surface area contributed by atoms with Crippen LogP contribution in [0.2, 0.25) is 0 Å². The van der Waals surface area contributed by atoms with Gasteiger partial charge in [0, 0.05) is 19.1 Å². The molecule has 4 heteroatoms. The minimum absolute atomic E-state index is 0.219. The molecule has 3 aliphatic rings. The summed E-state index contributed by atoms with van der Waals surface area (Å²) in [6, 6.07) is 6.67. The van der Waals surface area contributed by atoms with E-state index in [-0.39, 0.29) is 12.0 Å². The van der Waals surface area contributed by atoms with Gasteiger partial charge in [-0.05, 0) is 75.6 Å². The van der Waals surface area contributed by atoms with Crippen LogP contribution in [0.5, 0.6) is 0 Å². The highest BCUT2D eigenvalue weighted by molar-refractivity contribution is 5.79. The maximum absolute atomic E-state index is 12.9. The second kappa shape index (κ2) is 7.32. The van der Waals surface area contributed by atoms with Gasteiger partial charge in [0.15, 0.2) is 0 Å². The largest absolute Gasteiger partial charge is 0.391 e. The van der Waals surface area contributed by atoms with Crippen LogP contribution in [-0.2, 0) is 11.2 Å². The van der Waals surface area contributed by atoms with Crippen molar-refractivity contribution in [2.45, 2.75) is 58.1 Å². The van der Waals surface area contributed by atoms with Gasteiger partial charge in [-0.25, -0.2) is 0 Å². The van der Waals surface area contributed by atoms with Crippen molar-refractivity contribution in [2.75, 3.05) is 26.2 Å². The average molecular weight is 357 g/mol. The number of fused-ring (bicyclic) bond motifs is 1. The number of hydrogen-bond donors (Lipinski definition) is 1. The van der Waals surface area contributed by atoms with Crippen molar-refractivity contribution < 1.29 is 9.90 Å². The fourth-order valence-corrected chi connectivity index (χ4v) is 5.34. The second-order valence-electron chi connectivity index (χ2n) is 8.77. The van der Waals surface area contributed by atoms with Crippen molar-refractivity contribution in [2.24, 2.45) is 11.8 Å². The third-order valence-corrected chi connectivity index (χ3v) is 6.92. The highest BCUT2D eigenvalue weighted by Crippen LogP contribution is 2.39. The fraction of sp³-hybridized carbons (Fsp3) is 0.682. The molecule has 0 radical (unpaired) electrons. The third-order valence-electron chi connectivity index (χ3n) is 6.92. The van der Waals surface area contributed by atoms with Gasteiger partial charge in [0.2, 0.25) is 5.91 Å². The Balaban J connectivity index is 1.40. The van der Waals surface area contributed by atoms with Gasteiger partial charge in [0.1, 0.15) is 0 Å². The monoisotopic (exact) mass is 356 g/mol. The lowest BCUT2D eigenvalue weighted by atomic mass is 9.77. The summed E-state index contributed by atoms with van der Waals surface area (Å²) in [7, 11) is 0. The molecule has 3 fully saturated rings. The fourth-order valence-electron chi connectivity index (χ4n) is 5.34. The molecule has 4 nitrogen and oxygen atoms in total. The molecule has 0 unspecified atom stereocenters. The molecule has 2 heterocycles. The maximum Gasteiger partial charge on any atom is 0.227 e. The van der Waals surface area contributed by atoms with Gasteiger partial charge in [-0.3, -0.25) is 9.69 Å². The van der Waals surface area contributed by atoms with Crippen LogP contribution in [0.4, 0.5) is 0 Å². The number of amides is 1. The summed E-state index contributed by atoms with van der Waals surface area (Å²) in [6.07, 6.45) is 4.72. The number of rotatable bonds is 3. The molecule has 4 rings (SSSR count). The molecule has 142 valence electrons. The van der Waals surface area contributed by atoms with E-state index in [2.05, 4.69) is 41.8 Å². The third kappa shape index (κ3) is 3.54. The van der Waals surface area contributed by atoms with Crippen LogP contribution in [-0.4, -0.2) is 59.1 Å².